The van der Waals surface area contributed by atoms with Crippen molar-refractivity contribution < 1.29 is 17.9 Å². The van der Waals surface area contributed by atoms with Crippen molar-refractivity contribution in [1.82, 2.24) is 9.71 Å². The summed E-state index contributed by atoms with van der Waals surface area (Å²) in [5, 5.41) is 0.596. The number of rotatable bonds is 6. The first-order valence-electron chi connectivity index (χ1n) is 8.34. The molecule has 2 aromatic rings. The lowest BCUT2D eigenvalue weighted by Gasteiger charge is -2.31. The minimum Gasteiger partial charge on any atom is -0.491 e. The summed E-state index contributed by atoms with van der Waals surface area (Å²) in [7, 11) is -3.28. The molecule has 2 heterocycles. The summed E-state index contributed by atoms with van der Waals surface area (Å²) in [5.41, 5.74) is 1.79. The molecule has 140 valence electrons. The van der Waals surface area contributed by atoms with Crippen molar-refractivity contribution in [3.63, 3.8) is 0 Å². The number of nitrogens with zero attached hydrogens (tertiary/aromatic N) is 1. The maximum atomic E-state index is 11.5. The third kappa shape index (κ3) is 5.41. The second-order valence-corrected chi connectivity index (χ2v) is 8.46. The number of benzene rings is 1. The van der Waals surface area contributed by atoms with Crippen molar-refractivity contribution in [1.29, 1.82) is 0 Å². The first-order chi connectivity index (χ1) is 12.4. The summed E-state index contributed by atoms with van der Waals surface area (Å²) in [6.07, 6.45) is 4.02. The Morgan fingerprint density at radius 1 is 1.27 bits per heavy atom. The largest absolute Gasteiger partial charge is 0.491 e. The number of hydrogen-bond donors (Lipinski definition) is 1. The molecule has 0 saturated carbocycles. The van der Waals surface area contributed by atoms with E-state index in [0.717, 1.165) is 30.4 Å². The Hall–Kier alpha value is -1.67. The highest BCUT2D eigenvalue weighted by Crippen LogP contribution is 2.23. The van der Waals surface area contributed by atoms with E-state index in [4.69, 9.17) is 21.1 Å². The van der Waals surface area contributed by atoms with Gasteiger partial charge in [0.1, 0.15) is 18.5 Å². The maximum absolute atomic E-state index is 11.5. The van der Waals surface area contributed by atoms with Crippen LogP contribution in [0.4, 0.5) is 0 Å². The number of nitrogens with one attached hydrogen (secondary N) is 1. The molecule has 26 heavy (non-hydrogen) atoms. The van der Waals surface area contributed by atoms with Crippen LogP contribution in [0, 0.1) is 0 Å². The second-order valence-electron chi connectivity index (χ2n) is 6.25. The van der Waals surface area contributed by atoms with Crippen LogP contribution in [-0.4, -0.2) is 45.0 Å². The summed E-state index contributed by atoms with van der Waals surface area (Å²) in [6, 6.07) is 10.9. The van der Waals surface area contributed by atoms with Crippen LogP contribution in [0.5, 0.6) is 5.75 Å². The fraction of sp³-hybridized carbons (Fsp3) is 0.389. The van der Waals surface area contributed by atoms with E-state index < -0.39 is 10.0 Å². The van der Waals surface area contributed by atoms with Gasteiger partial charge < -0.3 is 9.47 Å². The maximum Gasteiger partial charge on any atom is 0.209 e. The van der Waals surface area contributed by atoms with Crippen LogP contribution in [0.3, 0.4) is 0 Å². The standard InChI is InChI=1S/C18H21ClN2O4S/c1-26(22,23)21-17-3-2-10-24-18(17)12-25-15-7-4-13(5-8-15)16-9-6-14(19)11-20-16/h4-9,11,17-18,21H,2-3,10,12H2,1H3/t17-,18+/m0/s1. The SMILES string of the molecule is CS(=O)(=O)N[C@H]1CCCO[C@@H]1COc1ccc(-c2ccc(Cl)cn2)cc1. The quantitative estimate of drug-likeness (QED) is 0.812. The highest BCUT2D eigenvalue weighted by Gasteiger charge is 2.28. The minimum atomic E-state index is -3.28. The highest BCUT2D eigenvalue weighted by molar-refractivity contribution is 7.88. The molecule has 2 atom stereocenters. The van der Waals surface area contributed by atoms with Crippen LogP contribution in [0.25, 0.3) is 11.3 Å². The van der Waals surface area contributed by atoms with Gasteiger partial charge in [-0.2, -0.15) is 0 Å². The number of halogens is 1. The van der Waals surface area contributed by atoms with Crippen LogP contribution >= 0.6 is 11.6 Å². The van der Waals surface area contributed by atoms with Gasteiger partial charge in [-0.1, -0.05) is 11.6 Å². The molecule has 1 aliphatic rings. The molecule has 1 aromatic carbocycles. The normalized spacial score (nSPS) is 20.7. The van der Waals surface area contributed by atoms with Gasteiger partial charge in [0, 0.05) is 18.4 Å². The monoisotopic (exact) mass is 396 g/mol. The Morgan fingerprint density at radius 3 is 2.69 bits per heavy atom. The van der Waals surface area contributed by atoms with Crippen molar-refractivity contribution in [2.24, 2.45) is 0 Å². The Morgan fingerprint density at radius 2 is 2.04 bits per heavy atom. The number of aromatic nitrogens is 1. The van der Waals surface area contributed by atoms with E-state index in [1.165, 1.54) is 0 Å². The van der Waals surface area contributed by atoms with Gasteiger partial charge in [0.15, 0.2) is 0 Å². The predicted octanol–water partition coefficient (Wildman–Crippen LogP) is 2.88. The number of pyridine rings is 1. The second kappa shape index (κ2) is 8.35. The average molecular weight is 397 g/mol. The van der Waals surface area contributed by atoms with Gasteiger partial charge in [-0.3, -0.25) is 4.98 Å². The molecule has 8 heteroatoms. The molecule has 1 fully saturated rings. The first-order valence-corrected chi connectivity index (χ1v) is 10.6. The molecule has 0 radical (unpaired) electrons. The van der Waals surface area contributed by atoms with E-state index in [1.54, 1.807) is 12.3 Å². The van der Waals surface area contributed by atoms with Crippen molar-refractivity contribution in [3.05, 3.63) is 47.6 Å². The molecule has 1 N–H and O–H groups in total. The van der Waals surface area contributed by atoms with Gasteiger partial charge in [0.05, 0.1) is 23.0 Å². The average Bonchev–Trinajstić information content (AvgIpc) is 2.61. The number of hydrogen-bond acceptors (Lipinski definition) is 5. The van der Waals surface area contributed by atoms with Gasteiger partial charge >= 0.3 is 0 Å². The molecule has 0 unspecified atom stereocenters. The van der Waals surface area contributed by atoms with Crippen LogP contribution in [0.1, 0.15) is 12.8 Å². The summed E-state index contributed by atoms with van der Waals surface area (Å²) in [5.74, 6) is 0.690. The summed E-state index contributed by atoms with van der Waals surface area (Å²) < 4.78 is 37.1. The topological polar surface area (TPSA) is 77.5 Å². The van der Waals surface area contributed by atoms with Gasteiger partial charge in [0.25, 0.3) is 0 Å². The predicted molar refractivity (Wildman–Crippen MR) is 101 cm³/mol. The van der Waals surface area contributed by atoms with Crippen molar-refractivity contribution in [2.75, 3.05) is 19.5 Å². The molecular weight excluding hydrogens is 376 g/mol. The lowest BCUT2D eigenvalue weighted by atomic mass is 10.0. The third-order valence-electron chi connectivity index (χ3n) is 4.10. The molecule has 0 spiro atoms. The van der Waals surface area contributed by atoms with Crippen molar-refractivity contribution in [3.8, 4) is 17.0 Å². The van der Waals surface area contributed by atoms with E-state index in [0.29, 0.717) is 17.4 Å². The first kappa shape index (κ1) is 19.1. The fourth-order valence-electron chi connectivity index (χ4n) is 2.86. The van der Waals surface area contributed by atoms with Crippen LogP contribution in [-0.2, 0) is 14.8 Å². The molecule has 1 aromatic heterocycles. The lowest BCUT2D eigenvalue weighted by Crippen LogP contribution is -2.49. The van der Waals surface area contributed by atoms with Crippen LogP contribution < -0.4 is 9.46 Å². The van der Waals surface area contributed by atoms with E-state index >= 15 is 0 Å². The Kier molecular flexibility index (Phi) is 6.13. The number of ether oxygens (including phenoxy) is 2. The lowest BCUT2D eigenvalue weighted by molar-refractivity contribution is -0.0278. The fourth-order valence-corrected chi connectivity index (χ4v) is 3.79. The Labute approximate surface area is 158 Å². The summed E-state index contributed by atoms with van der Waals surface area (Å²) in [6.45, 7) is 0.892. The van der Waals surface area contributed by atoms with Crippen molar-refractivity contribution >= 4 is 21.6 Å². The molecule has 0 bridgehead atoms. The molecule has 0 amide bonds. The molecule has 0 aliphatic carbocycles. The van der Waals surface area contributed by atoms with Gasteiger partial charge in [-0.05, 0) is 49.2 Å². The minimum absolute atomic E-state index is 0.267. The molecular formula is C18H21ClN2O4S. The van der Waals surface area contributed by atoms with E-state index in [2.05, 4.69) is 9.71 Å². The zero-order valence-corrected chi connectivity index (χ0v) is 16.0. The van der Waals surface area contributed by atoms with Gasteiger partial charge in [0.2, 0.25) is 10.0 Å². The van der Waals surface area contributed by atoms with Crippen LogP contribution in [0.15, 0.2) is 42.6 Å². The Balaban J connectivity index is 1.61. The van der Waals surface area contributed by atoms with E-state index in [-0.39, 0.29) is 18.8 Å². The van der Waals surface area contributed by atoms with Crippen molar-refractivity contribution in [2.45, 2.75) is 25.0 Å². The molecule has 1 aliphatic heterocycles. The zero-order valence-electron chi connectivity index (χ0n) is 14.4. The summed E-state index contributed by atoms with van der Waals surface area (Å²) >= 11 is 5.85. The van der Waals surface area contributed by atoms with Gasteiger partial charge in [-0.15, -0.1) is 0 Å². The smallest absolute Gasteiger partial charge is 0.209 e. The molecule has 1 saturated heterocycles. The zero-order chi connectivity index (χ0) is 18.6. The van der Waals surface area contributed by atoms with E-state index in [9.17, 15) is 8.42 Å². The molecule has 3 rings (SSSR count). The third-order valence-corrected chi connectivity index (χ3v) is 5.05. The highest BCUT2D eigenvalue weighted by atomic mass is 35.5. The molecule has 6 nitrogen and oxygen atoms in total. The summed E-state index contributed by atoms with van der Waals surface area (Å²) in [4.78, 5) is 4.28. The number of sulfonamides is 1. The Bertz CT molecular complexity index is 825. The van der Waals surface area contributed by atoms with Crippen LogP contribution in [0.2, 0.25) is 5.02 Å². The van der Waals surface area contributed by atoms with Gasteiger partial charge in [-0.25, -0.2) is 13.1 Å². The van der Waals surface area contributed by atoms with E-state index in [1.807, 2.05) is 30.3 Å².